The van der Waals surface area contributed by atoms with Gasteiger partial charge in [0.05, 0.1) is 0 Å². The van der Waals surface area contributed by atoms with Crippen molar-refractivity contribution < 1.29 is 0 Å². The maximum absolute atomic E-state index is 6.26. The van der Waals surface area contributed by atoms with E-state index in [-0.39, 0.29) is 0 Å². The third kappa shape index (κ3) is 5.09. The number of benzene rings is 1. The molecule has 0 unspecified atom stereocenters. The van der Waals surface area contributed by atoms with Crippen LogP contribution in [0.5, 0.6) is 0 Å². The second-order valence-electron chi connectivity index (χ2n) is 7.00. The molecule has 0 aliphatic carbocycles. The number of fused-ring (bicyclic) bond motifs is 1. The fourth-order valence-corrected chi connectivity index (χ4v) is 3.61. The number of aromatic nitrogens is 3. The summed E-state index contributed by atoms with van der Waals surface area (Å²) in [6.45, 7) is 0.844. The number of nitrogens with zero attached hydrogens (tertiary/aromatic N) is 3. The van der Waals surface area contributed by atoms with Gasteiger partial charge in [0.1, 0.15) is 5.82 Å². The van der Waals surface area contributed by atoms with Gasteiger partial charge in [-0.1, -0.05) is 35.9 Å². The summed E-state index contributed by atoms with van der Waals surface area (Å²) in [5, 5.41) is 6.46. The highest BCUT2D eigenvalue weighted by Gasteiger charge is 2.06. The van der Waals surface area contributed by atoms with E-state index in [4.69, 9.17) is 11.6 Å². The van der Waals surface area contributed by atoms with Gasteiger partial charge in [-0.05, 0) is 67.0 Å². The van der Waals surface area contributed by atoms with E-state index < -0.39 is 0 Å². The number of aryl methyl sites for hydroxylation is 3. The lowest BCUT2D eigenvalue weighted by molar-refractivity contribution is 0.834. The molecule has 0 spiro atoms. The summed E-state index contributed by atoms with van der Waals surface area (Å²) in [6, 6.07) is 18.2. The minimum absolute atomic E-state index is 0.815. The second kappa shape index (κ2) is 9.48. The highest BCUT2D eigenvalue weighted by molar-refractivity contribution is 6.31. The number of anilines is 1. The number of halogens is 1. The van der Waals surface area contributed by atoms with E-state index in [1.54, 1.807) is 0 Å². The first-order valence-corrected chi connectivity index (χ1v) is 10.3. The minimum Gasteiger partial charge on any atom is -0.370 e. The lowest BCUT2D eigenvalue weighted by Crippen LogP contribution is -2.06. The smallest absolute Gasteiger partial charge is 0.135 e. The quantitative estimate of drug-likeness (QED) is 0.395. The van der Waals surface area contributed by atoms with Gasteiger partial charge in [-0.3, -0.25) is 9.97 Å². The highest BCUT2D eigenvalue weighted by Crippen LogP contribution is 2.22. The van der Waals surface area contributed by atoms with E-state index in [2.05, 4.69) is 38.5 Å². The molecule has 4 rings (SSSR count). The number of nitrogens with one attached hydrogen (secondary N) is 1. The van der Waals surface area contributed by atoms with Gasteiger partial charge >= 0.3 is 0 Å². The Morgan fingerprint density at radius 1 is 0.793 bits per heavy atom. The zero-order chi connectivity index (χ0) is 19.9. The van der Waals surface area contributed by atoms with E-state index in [0.29, 0.717) is 0 Å². The first kappa shape index (κ1) is 19.3. The molecule has 0 aliphatic heterocycles. The first-order chi connectivity index (χ1) is 14.3. The van der Waals surface area contributed by atoms with Gasteiger partial charge in [0.25, 0.3) is 0 Å². The second-order valence-corrected chi connectivity index (χ2v) is 7.41. The molecule has 5 heteroatoms. The molecule has 0 aliphatic rings. The normalized spacial score (nSPS) is 10.9. The van der Waals surface area contributed by atoms with Crippen LogP contribution in [0.3, 0.4) is 0 Å². The summed E-state index contributed by atoms with van der Waals surface area (Å²) in [5.41, 5.74) is 3.33. The molecule has 4 nitrogen and oxygen atoms in total. The molecule has 3 aromatic heterocycles. The van der Waals surface area contributed by atoms with Crippen molar-refractivity contribution in [1.82, 2.24) is 15.0 Å². The molecular weight excluding hydrogens is 380 g/mol. The van der Waals surface area contributed by atoms with Crippen LogP contribution in [0.4, 0.5) is 5.82 Å². The van der Waals surface area contributed by atoms with Crippen molar-refractivity contribution in [2.45, 2.75) is 25.7 Å². The van der Waals surface area contributed by atoms with Crippen LogP contribution in [-0.2, 0) is 19.3 Å². The molecule has 146 valence electrons. The first-order valence-electron chi connectivity index (χ1n) is 9.90. The Balaban J connectivity index is 1.39. The van der Waals surface area contributed by atoms with Crippen LogP contribution in [0.1, 0.15) is 23.4 Å². The lowest BCUT2D eigenvalue weighted by atomic mass is 10.1. The number of hydrogen-bond donors (Lipinski definition) is 1. The molecule has 0 atom stereocenters. The van der Waals surface area contributed by atoms with E-state index in [0.717, 1.165) is 70.8 Å². The van der Waals surface area contributed by atoms with E-state index in [9.17, 15) is 0 Å². The molecule has 0 amide bonds. The van der Waals surface area contributed by atoms with Crippen molar-refractivity contribution in [1.29, 1.82) is 0 Å². The Morgan fingerprint density at radius 2 is 1.69 bits per heavy atom. The van der Waals surface area contributed by atoms with Gasteiger partial charge in [0.15, 0.2) is 0 Å². The van der Waals surface area contributed by atoms with Crippen LogP contribution in [0.25, 0.3) is 10.8 Å². The Kier molecular flexibility index (Phi) is 6.32. The third-order valence-corrected chi connectivity index (χ3v) is 5.31. The topological polar surface area (TPSA) is 50.7 Å². The molecule has 4 aromatic rings. The van der Waals surface area contributed by atoms with Gasteiger partial charge in [-0.25, -0.2) is 4.98 Å². The molecule has 29 heavy (non-hydrogen) atoms. The van der Waals surface area contributed by atoms with Gasteiger partial charge in [-0.15, -0.1) is 0 Å². The molecular formula is C24H23ClN4. The molecule has 0 fully saturated rings. The summed E-state index contributed by atoms with van der Waals surface area (Å²) in [6.07, 6.45) is 9.29. The molecule has 0 radical (unpaired) electrons. The average molecular weight is 403 g/mol. The molecule has 0 saturated heterocycles. The van der Waals surface area contributed by atoms with Gasteiger partial charge in [0, 0.05) is 46.9 Å². The maximum atomic E-state index is 6.26. The standard InChI is InChI=1S/C24H23ClN4/c25-23-9-2-1-6-18(23)10-11-21-16-19-12-15-28-24(22(19)17-29-21)27-14-5-8-20-7-3-4-13-26-20/h1-4,6-7,9,12-13,15-17H,5,8,10-11,14H2,(H,27,28). The van der Waals surface area contributed by atoms with E-state index in [1.807, 2.05) is 55.0 Å². The Bertz CT molecular complexity index is 1080. The van der Waals surface area contributed by atoms with Gasteiger partial charge in [-0.2, -0.15) is 0 Å². The van der Waals surface area contributed by atoms with Crippen LogP contribution in [0, 0.1) is 0 Å². The van der Waals surface area contributed by atoms with Gasteiger partial charge in [0.2, 0.25) is 0 Å². The highest BCUT2D eigenvalue weighted by atomic mass is 35.5. The van der Waals surface area contributed by atoms with Crippen LogP contribution in [0.2, 0.25) is 5.02 Å². The number of pyridine rings is 3. The monoisotopic (exact) mass is 402 g/mol. The third-order valence-electron chi connectivity index (χ3n) is 4.94. The number of rotatable bonds is 8. The van der Waals surface area contributed by atoms with Crippen molar-refractivity contribution in [3.05, 3.63) is 95.2 Å². The van der Waals surface area contributed by atoms with Crippen molar-refractivity contribution in [2.75, 3.05) is 11.9 Å². The predicted octanol–water partition coefficient (Wildman–Crippen LogP) is 5.51. The summed E-state index contributed by atoms with van der Waals surface area (Å²) >= 11 is 6.26. The Labute approximate surface area is 176 Å². The summed E-state index contributed by atoms with van der Waals surface area (Å²) < 4.78 is 0. The van der Waals surface area contributed by atoms with Crippen LogP contribution in [0.15, 0.2) is 73.2 Å². The number of hydrogen-bond acceptors (Lipinski definition) is 4. The SMILES string of the molecule is Clc1ccccc1CCc1cc2ccnc(NCCCc3ccccn3)c2cn1. The summed E-state index contributed by atoms with van der Waals surface area (Å²) in [7, 11) is 0. The van der Waals surface area contributed by atoms with Crippen molar-refractivity contribution in [3.63, 3.8) is 0 Å². The lowest BCUT2D eigenvalue weighted by Gasteiger charge is -2.10. The van der Waals surface area contributed by atoms with Crippen molar-refractivity contribution in [2.24, 2.45) is 0 Å². The summed E-state index contributed by atoms with van der Waals surface area (Å²) in [4.78, 5) is 13.5. The van der Waals surface area contributed by atoms with Gasteiger partial charge < -0.3 is 5.32 Å². The summed E-state index contributed by atoms with van der Waals surface area (Å²) in [5.74, 6) is 0.883. The predicted molar refractivity (Wildman–Crippen MR) is 119 cm³/mol. The molecule has 1 N–H and O–H groups in total. The fourth-order valence-electron chi connectivity index (χ4n) is 3.38. The maximum Gasteiger partial charge on any atom is 0.135 e. The zero-order valence-electron chi connectivity index (χ0n) is 16.2. The molecule has 1 aromatic carbocycles. The molecule has 0 bridgehead atoms. The van der Waals surface area contributed by atoms with Crippen molar-refractivity contribution in [3.8, 4) is 0 Å². The van der Waals surface area contributed by atoms with Crippen LogP contribution < -0.4 is 5.32 Å². The molecule has 0 saturated carbocycles. The molecule has 3 heterocycles. The largest absolute Gasteiger partial charge is 0.370 e. The fraction of sp³-hybridized carbons (Fsp3) is 0.208. The van der Waals surface area contributed by atoms with Crippen LogP contribution in [-0.4, -0.2) is 21.5 Å². The van der Waals surface area contributed by atoms with Crippen molar-refractivity contribution >= 4 is 28.2 Å². The van der Waals surface area contributed by atoms with E-state index >= 15 is 0 Å². The Morgan fingerprint density at radius 3 is 2.55 bits per heavy atom. The minimum atomic E-state index is 0.815. The zero-order valence-corrected chi connectivity index (χ0v) is 16.9. The Hall–Kier alpha value is -2.98. The van der Waals surface area contributed by atoms with Crippen LogP contribution >= 0.6 is 11.6 Å². The average Bonchev–Trinajstić information content (AvgIpc) is 2.77. The van der Waals surface area contributed by atoms with E-state index in [1.165, 1.54) is 0 Å².